The first-order valence-electron chi connectivity index (χ1n) is 5.88. The second-order valence-corrected chi connectivity index (χ2v) is 5.15. The normalized spacial score (nSPS) is 12.8. The molecule has 5 heteroatoms. The molecule has 3 rings (SSSR count). The second-order valence-electron chi connectivity index (χ2n) is 4.35. The smallest absolute Gasteiger partial charge is 0.173 e. The highest BCUT2D eigenvalue weighted by atomic mass is 79.9. The highest BCUT2D eigenvalue weighted by molar-refractivity contribution is 9.10. The van der Waals surface area contributed by atoms with Crippen LogP contribution in [0.4, 0.5) is 8.78 Å². The van der Waals surface area contributed by atoms with Crippen LogP contribution in [-0.4, -0.2) is 5.11 Å². The Labute approximate surface area is 121 Å². The fraction of sp³-hybridized carbons (Fsp3) is 0.0667. The molecule has 102 valence electrons. The van der Waals surface area contributed by atoms with E-state index in [0.29, 0.717) is 5.58 Å². The third-order valence-electron chi connectivity index (χ3n) is 3.07. The number of aliphatic hydroxyl groups excluding tert-OH is 1. The number of hydrogen-bond donors (Lipinski definition) is 1. The summed E-state index contributed by atoms with van der Waals surface area (Å²) < 4.78 is 32.0. The molecule has 1 atom stereocenters. The number of aliphatic hydroxyl groups is 1. The number of rotatable bonds is 2. The summed E-state index contributed by atoms with van der Waals surface area (Å²) in [5, 5.41) is 11.1. The molecule has 0 aliphatic carbocycles. The van der Waals surface area contributed by atoms with Crippen LogP contribution in [0.2, 0.25) is 0 Å². The molecule has 0 spiro atoms. The van der Waals surface area contributed by atoms with Crippen molar-refractivity contribution < 1.29 is 18.3 Å². The predicted octanol–water partition coefficient (Wildman–Crippen LogP) is 4.56. The molecule has 0 aliphatic heterocycles. The maximum absolute atomic E-state index is 13.5. The van der Waals surface area contributed by atoms with Gasteiger partial charge in [-0.3, -0.25) is 0 Å². The standard InChI is InChI=1S/C15H9BrF2O2/c16-13-9(5-6-10(17)14(13)18)15(19)12-7-8-3-1-2-4-11(8)20-12/h1-7,15,19H. The van der Waals surface area contributed by atoms with Crippen molar-refractivity contribution in [3.05, 3.63) is 69.9 Å². The lowest BCUT2D eigenvalue weighted by atomic mass is 10.1. The van der Waals surface area contributed by atoms with Gasteiger partial charge in [0.15, 0.2) is 11.6 Å². The number of fused-ring (bicyclic) bond motifs is 1. The summed E-state index contributed by atoms with van der Waals surface area (Å²) in [6.07, 6.45) is -1.17. The monoisotopic (exact) mass is 338 g/mol. The van der Waals surface area contributed by atoms with E-state index in [1.54, 1.807) is 12.1 Å². The third-order valence-corrected chi connectivity index (χ3v) is 3.88. The summed E-state index contributed by atoms with van der Waals surface area (Å²) in [7, 11) is 0. The van der Waals surface area contributed by atoms with Gasteiger partial charge in [0.05, 0.1) is 4.47 Å². The van der Waals surface area contributed by atoms with Gasteiger partial charge in [-0.25, -0.2) is 8.78 Å². The summed E-state index contributed by atoms with van der Waals surface area (Å²) >= 11 is 2.96. The van der Waals surface area contributed by atoms with Crippen molar-refractivity contribution in [2.24, 2.45) is 0 Å². The van der Waals surface area contributed by atoms with Crippen LogP contribution in [0, 0.1) is 11.6 Å². The molecule has 1 N–H and O–H groups in total. The Morgan fingerprint density at radius 1 is 1.10 bits per heavy atom. The van der Waals surface area contributed by atoms with Crippen molar-refractivity contribution in [2.45, 2.75) is 6.10 Å². The van der Waals surface area contributed by atoms with E-state index in [1.807, 2.05) is 18.2 Å². The third kappa shape index (κ3) is 2.13. The average Bonchev–Trinajstić information content (AvgIpc) is 2.88. The minimum atomic E-state index is -1.17. The van der Waals surface area contributed by atoms with Crippen LogP contribution in [0.1, 0.15) is 17.4 Å². The number of furan rings is 1. The Hall–Kier alpha value is -1.72. The molecule has 0 radical (unpaired) electrons. The van der Waals surface area contributed by atoms with E-state index >= 15 is 0 Å². The molecule has 1 unspecified atom stereocenters. The van der Waals surface area contributed by atoms with Gasteiger partial charge in [-0.05, 0) is 34.1 Å². The first-order valence-corrected chi connectivity index (χ1v) is 6.67. The Morgan fingerprint density at radius 3 is 2.60 bits per heavy atom. The van der Waals surface area contributed by atoms with Crippen LogP contribution < -0.4 is 0 Å². The second kappa shape index (κ2) is 5.00. The van der Waals surface area contributed by atoms with Crippen LogP contribution in [-0.2, 0) is 0 Å². The van der Waals surface area contributed by atoms with Gasteiger partial charge in [0, 0.05) is 10.9 Å². The van der Waals surface area contributed by atoms with Gasteiger partial charge in [0.1, 0.15) is 17.4 Å². The van der Waals surface area contributed by atoms with Crippen LogP contribution in [0.15, 0.2) is 51.4 Å². The lowest BCUT2D eigenvalue weighted by Crippen LogP contribution is -2.01. The predicted molar refractivity (Wildman–Crippen MR) is 74.3 cm³/mol. The lowest BCUT2D eigenvalue weighted by Gasteiger charge is -2.11. The SMILES string of the molecule is OC(c1cc2ccccc2o1)c1ccc(F)c(F)c1Br. The Balaban J connectivity index is 2.08. The number of hydrogen-bond acceptors (Lipinski definition) is 2. The van der Waals surface area contributed by atoms with E-state index in [0.717, 1.165) is 11.5 Å². The molecule has 1 aromatic heterocycles. The summed E-state index contributed by atoms with van der Waals surface area (Å²) in [5.74, 6) is -1.73. The highest BCUT2D eigenvalue weighted by Crippen LogP contribution is 2.33. The van der Waals surface area contributed by atoms with Crippen molar-refractivity contribution in [2.75, 3.05) is 0 Å². The van der Waals surface area contributed by atoms with E-state index in [2.05, 4.69) is 15.9 Å². The maximum atomic E-state index is 13.5. The minimum Gasteiger partial charge on any atom is -0.458 e. The number of halogens is 3. The zero-order valence-electron chi connectivity index (χ0n) is 10.1. The summed E-state index contributed by atoms with van der Waals surface area (Å²) in [6.45, 7) is 0. The van der Waals surface area contributed by atoms with Gasteiger partial charge in [-0.1, -0.05) is 24.3 Å². The van der Waals surface area contributed by atoms with Crippen molar-refractivity contribution in [3.63, 3.8) is 0 Å². The molecule has 0 saturated carbocycles. The summed E-state index contributed by atoms with van der Waals surface area (Å²) in [5.41, 5.74) is 0.836. The van der Waals surface area contributed by atoms with Gasteiger partial charge in [-0.15, -0.1) is 0 Å². The van der Waals surface area contributed by atoms with Crippen LogP contribution in [0.5, 0.6) is 0 Å². The molecule has 1 heterocycles. The highest BCUT2D eigenvalue weighted by Gasteiger charge is 2.21. The van der Waals surface area contributed by atoms with Crippen molar-refractivity contribution in [3.8, 4) is 0 Å². The van der Waals surface area contributed by atoms with Gasteiger partial charge in [0.25, 0.3) is 0 Å². The fourth-order valence-electron chi connectivity index (χ4n) is 2.04. The average molecular weight is 339 g/mol. The molecule has 0 fully saturated rings. The van der Waals surface area contributed by atoms with Crippen LogP contribution in [0.3, 0.4) is 0 Å². The topological polar surface area (TPSA) is 33.4 Å². The Kier molecular flexibility index (Phi) is 3.31. The molecule has 3 aromatic rings. The minimum absolute atomic E-state index is 0.106. The molecule has 2 aromatic carbocycles. The Morgan fingerprint density at radius 2 is 1.85 bits per heavy atom. The lowest BCUT2D eigenvalue weighted by molar-refractivity contribution is 0.191. The Bertz CT molecular complexity index is 750. The van der Waals surface area contributed by atoms with Crippen molar-refractivity contribution in [1.82, 2.24) is 0 Å². The van der Waals surface area contributed by atoms with Crippen molar-refractivity contribution >= 4 is 26.9 Å². The summed E-state index contributed by atoms with van der Waals surface area (Å²) in [4.78, 5) is 0. The number of benzene rings is 2. The molecule has 0 aliphatic rings. The number of para-hydroxylation sites is 1. The molecule has 0 bridgehead atoms. The molecule has 2 nitrogen and oxygen atoms in total. The van der Waals surface area contributed by atoms with Gasteiger partial charge in [-0.2, -0.15) is 0 Å². The van der Waals surface area contributed by atoms with Crippen molar-refractivity contribution in [1.29, 1.82) is 0 Å². The van der Waals surface area contributed by atoms with Crippen LogP contribution >= 0.6 is 15.9 Å². The van der Waals surface area contributed by atoms with Gasteiger partial charge < -0.3 is 9.52 Å². The zero-order valence-corrected chi connectivity index (χ0v) is 11.7. The van der Waals surface area contributed by atoms with Gasteiger partial charge >= 0.3 is 0 Å². The summed E-state index contributed by atoms with van der Waals surface area (Å²) in [6, 6.07) is 11.2. The van der Waals surface area contributed by atoms with E-state index < -0.39 is 17.7 Å². The quantitative estimate of drug-likeness (QED) is 0.695. The maximum Gasteiger partial charge on any atom is 0.173 e. The van der Waals surface area contributed by atoms with E-state index in [4.69, 9.17) is 4.42 Å². The van der Waals surface area contributed by atoms with E-state index in [-0.39, 0.29) is 15.8 Å². The molecule has 0 saturated heterocycles. The van der Waals surface area contributed by atoms with Crippen LogP contribution in [0.25, 0.3) is 11.0 Å². The molecular weight excluding hydrogens is 330 g/mol. The van der Waals surface area contributed by atoms with E-state index in [1.165, 1.54) is 6.07 Å². The van der Waals surface area contributed by atoms with Gasteiger partial charge in [0.2, 0.25) is 0 Å². The first-order chi connectivity index (χ1) is 9.58. The molecule has 20 heavy (non-hydrogen) atoms. The molecule has 0 amide bonds. The zero-order chi connectivity index (χ0) is 14.3. The first kappa shape index (κ1) is 13.3. The largest absolute Gasteiger partial charge is 0.458 e. The fourth-order valence-corrected chi connectivity index (χ4v) is 2.58. The molecular formula is C15H9BrF2O2. The van der Waals surface area contributed by atoms with E-state index in [9.17, 15) is 13.9 Å².